The number of hydrogen-bond donors (Lipinski definition) is 0. The molecule has 1 aromatic carbocycles. The summed E-state index contributed by atoms with van der Waals surface area (Å²) in [5.41, 5.74) is 3.17. The lowest BCUT2D eigenvalue weighted by atomic mass is 10.1. The topological polar surface area (TPSA) is 30.7 Å². The van der Waals surface area contributed by atoms with Gasteiger partial charge in [0.05, 0.1) is 23.0 Å². The van der Waals surface area contributed by atoms with Gasteiger partial charge in [-0.05, 0) is 36.8 Å². The van der Waals surface area contributed by atoms with Crippen molar-refractivity contribution in [1.29, 1.82) is 0 Å². The van der Waals surface area contributed by atoms with E-state index < -0.39 is 0 Å². The Balaban J connectivity index is 2.21. The highest BCUT2D eigenvalue weighted by Crippen LogP contribution is 2.28. The molecule has 0 saturated heterocycles. The van der Waals surface area contributed by atoms with Crippen LogP contribution in [0.2, 0.25) is 0 Å². The first-order valence-corrected chi connectivity index (χ1v) is 7.65. The Morgan fingerprint density at radius 3 is 2.90 bits per heavy atom. The Morgan fingerprint density at radius 1 is 1.35 bits per heavy atom. The summed E-state index contributed by atoms with van der Waals surface area (Å²) in [5, 5.41) is 0. The molecule has 1 atom stereocenters. The number of alkyl halides is 1. The lowest BCUT2D eigenvalue weighted by Crippen LogP contribution is -2.10. The van der Waals surface area contributed by atoms with Crippen molar-refractivity contribution >= 4 is 38.6 Å². The molecule has 0 aliphatic carbocycles. The first-order chi connectivity index (χ1) is 9.70. The van der Waals surface area contributed by atoms with Crippen molar-refractivity contribution in [3.8, 4) is 0 Å². The predicted molar refractivity (Wildman–Crippen MR) is 85.0 cm³/mol. The van der Waals surface area contributed by atoms with Crippen LogP contribution in [0.25, 0.3) is 11.0 Å². The molecule has 0 spiro atoms. The second kappa shape index (κ2) is 5.54. The van der Waals surface area contributed by atoms with Gasteiger partial charge in [0.2, 0.25) is 0 Å². The van der Waals surface area contributed by atoms with E-state index >= 15 is 0 Å². The summed E-state index contributed by atoms with van der Waals surface area (Å²) < 4.78 is 3.20. The monoisotopic (exact) mass is 349 g/mol. The molecule has 3 aromatic rings. The molecule has 0 bridgehead atoms. The molecule has 0 fully saturated rings. The molecule has 2 aromatic heterocycles. The van der Waals surface area contributed by atoms with Crippen molar-refractivity contribution in [2.24, 2.45) is 0 Å². The second-order valence-electron chi connectivity index (χ2n) is 4.63. The molecular weight excluding hydrogens is 338 g/mol. The minimum atomic E-state index is 0.136. The van der Waals surface area contributed by atoms with Crippen LogP contribution >= 0.6 is 27.5 Å². The summed E-state index contributed by atoms with van der Waals surface area (Å²) in [6.07, 6.45) is 3.66. The van der Waals surface area contributed by atoms with Crippen LogP contribution in [0, 0.1) is 0 Å². The number of halogens is 2. The van der Waals surface area contributed by atoms with Gasteiger partial charge in [-0.2, -0.15) is 0 Å². The third kappa shape index (κ3) is 2.34. The van der Waals surface area contributed by atoms with E-state index in [2.05, 4.69) is 49.5 Å². The van der Waals surface area contributed by atoms with Crippen molar-refractivity contribution in [1.82, 2.24) is 14.5 Å². The van der Waals surface area contributed by atoms with Gasteiger partial charge in [-0.15, -0.1) is 11.6 Å². The summed E-state index contributed by atoms with van der Waals surface area (Å²) in [6, 6.07) is 10.2. The second-order valence-corrected chi connectivity index (χ2v) is 5.81. The van der Waals surface area contributed by atoms with Crippen LogP contribution in [-0.4, -0.2) is 14.5 Å². The van der Waals surface area contributed by atoms with Crippen LogP contribution < -0.4 is 0 Å². The fourth-order valence-electron chi connectivity index (χ4n) is 2.41. The van der Waals surface area contributed by atoms with Crippen molar-refractivity contribution in [3.05, 3.63) is 58.6 Å². The zero-order chi connectivity index (χ0) is 14.1. The maximum atomic E-state index is 6.06. The highest BCUT2D eigenvalue weighted by atomic mass is 79.9. The largest absolute Gasteiger partial charge is 0.320 e. The Bertz CT molecular complexity index is 739. The standard InChI is InChI=1S/C15H13BrClN3/c1-10(11-3-2-6-18-9-11)20-14-7-12(16)4-5-13(14)19-15(20)8-17/h2-7,9-10H,8H2,1H3. The van der Waals surface area contributed by atoms with Gasteiger partial charge in [0, 0.05) is 16.9 Å². The molecule has 102 valence electrons. The van der Waals surface area contributed by atoms with Crippen LogP contribution in [0.5, 0.6) is 0 Å². The van der Waals surface area contributed by atoms with Crippen LogP contribution in [0.3, 0.4) is 0 Å². The van der Waals surface area contributed by atoms with E-state index in [1.54, 1.807) is 6.20 Å². The Labute approximate surface area is 130 Å². The molecule has 3 rings (SSSR count). The Morgan fingerprint density at radius 2 is 2.20 bits per heavy atom. The Hall–Kier alpha value is -1.39. The molecule has 0 amide bonds. The van der Waals surface area contributed by atoms with E-state index in [-0.39, 0.29) is 6.04 Å². The minimum absolute atomic E-state index is 0.136. The van der Waals surface area contributed by atoms with Crippen molar-refractivity contribution in [2.75, 3.05) is 0 Å². The van der Waals surface area contributed by atoms with Gasteiger partial charge in [-0.3, -0.25) is 4.98 Å². The van der Waals surface area contributed by atoms with Crippen LogP contribution in [0.4, 0.5) is 0 Å². The number of pyridine rings is 1. The smallest absolute Gasteiger partial charge is 0.125 e. The average Bonchev–Trinajstić information content (AvgIpc) is 2.85. The molecule has 20 heavy (non-hydrogen) atoms. The highest BCUT2D eigenvalue weighted by molar-refractivity contribution is 9.10. The van der Waals surface area contributed by atoms with Gasteiger partial charge in [0.25, 0.3) is 0 Å². The zero-order valence-corrected chi connectivity index (χ0v) is 13.3. The molecule has 0 aliphatic heterocycles. The maximum Gasteiger partial charge on any atom is 0.125 e. The molecular formula is C15H13BrClN3. The van der Waals surface area contributed by atoms with E-state index in [9.17, 15) is 0 Å². The number of benzene rings is 1. The zero-order valence-electron chi connectivity index (χ0n) is 10.9. The molecule has 0 radical (unpaired) electrons. The van der Waals surface area contributed by atoms with Crippen molar-refractivity contribution in [3.63, 3.8) is 0 Å². The van der Waals surface area contributed by atoms with E-state index in [0.717, 1.165) is 26.9 Å². The van der Waals surface area contributed by atoms with Gasteiger partial charge < -0.3 is 4.57 Å². The fourth-order valence-corrected chi connectivity index (χ4v) is 2.95. The van der Waals surface area contributed by atoms with Crippen molar-refractivity contribution in [2.45, 2.75) is 18.8 Å². The summed E-state index contributed by atoms with van der Waals surface area (Å²) in [7, 11) is 0. The third-order valence-electron chi connectivity index (χ3n) is 3.40. The summed E-state index contributed by atoms with van der Waals surface area (Å²) in [5.74, 6) is 1.26. The van der Waals surface area contributed by atoms with Gasteiger partial charge in [0.15, 0.2) is 0 Å². The SMILES string of the molecule is CC(c1cccnc1)n1c(CCl)nc2ccc(Br)cc21. The molecule has 0 saturated carbocycles. The summed E-state index contributed by atoms with van der Waals surface area (Å²) in [6.45, 7) is 2.13. The molecule has 0 N–H and O–H groups in total. The number of hydrogen-bond acceptors (Lipinski definition) is 2. The maximum absolute atomic E-state index is 6.06. The number of rotatable bonds is 3. The van der Waals surface area contributed by atoms with Gasteiger partial charge in [0.1, 0.15) is 5.82 Å². The van der Waals surface area contributed by atoms with E-state index in [4.69, 9.17) is 11.6 Å². The third-order valence-corrected chi connectivity index (χ3v) is 4.13. The number of nitrogens with zero attached hydrogens (tertiary/aromatic N) is 3. The molecule has 2 heterocycles. The molecule has 1 unspecified atom stereocenters. The lowest BCUT2D eigenvalue weighted by Gasteiger charge is -2.17. The Kier molecular flexibility index (Phi) is 3.76. The van der Waals surface area contributed by atoms with Crippen LogP contribution in [0.1, 0.15) is 24.4 Å². The summed E-state index contributed by atoms with van der Waals surface area (Å²) in [4.78, 5) is 8.80. The predicted octanol–water partition coefficient (Wildman–Crippen LogP) is 4.54. The van der Waals surface area contributed by atoms with Gasteiger partial charge >= 0.3 is 0 Å². The minimum Gasteiger partial charge on any atom is -0.320 e. The van der Waals surface area contributed by atoms with E-state index in [0.29, 0.717) is 5.88 Å². The summed E-state index contributed by atoms with van der Waals surface area (Å²) >= 11 is 9.58. The molecule has 5 heteroatoms. The van der Waals surface area contributed by atoms with Gasteiger partial charge in [-0.1, -0.05) is 22.0 Å². The van der Waals surface area contributed by atoms with Crippen LogP contribution in [0.15, 0.2) is 47.2 Å². The highest BCUT2D eigenvalue weighted by Gasteiger charge is 2.17. The number of fused-ring (bicyclic) bond motifs is 1. The van der Waals surface area contributed by atoms with E-state index in [1.807, 2.05) is 24.4 Å². The number of aromatic nitrogens is 3. The average molecular weight is 351 g/mol. The van der Waals surface area contributed by atoms with E-state index in [1.165, 1.54) is 0 Å². The fraction of sp³-hybridized carbons (Fsp3) is 0.200. The quantitative estimate of drug-likeness (QED) is 0.649. The lowest BCUT2D eigenvalue weighted by molar-refractivity contribution is 0.631. The first kappa shape index (κ1) is 13.6. The normalized spacial score (nSPS) is 12.8. The first-order valence-electron chi connectivity index (χ1n) is 6.33. The number of imidazole rings is 1. The molecule has 0 aliphatic rings. The van der Waals surface area contributed by atoms with Crippen molar-refractivity contribution < 1.29 is 0 Å². The van der Waals surface area contributed by atoms with Crippen LogP contribution in [-0.2, 0) is 5.88 Å². The molecule has 3 nitrogen and oxygen atoms in total. The van der Waals surface area contributed by atoms with Gasteiger partial charge in [-0.25, -0.2) is 4.98 Å².